The molecule has 2 rings (SSSR count). The molecule has 0 heterocycles. The van der Waals surface area contributed by atoms with Crippen molar-refractivity contribution in [2.75, 3.05) is 0 Å². The Balaban J connectivity index is 2.22. The zero-order chi connectivity index (χ0) is 10.3. The average molecular weight is 218 g/mol. The normalized spacial score (nSPS) is 26.1. The zero-order valence-corrected chi connectivity index (χ0v) is 7.97. The van der Waals surface area contributed by atoms with Crippen LogP contribution < -0.4 is 0 Å². The maximum atomic E-state index is 12.7. The van der Waals surface area contributed by atoms with Crippen LogP contribution >= 0.6 is 0 Å². The van der Waals surface area contributed by atoms with E-state index in [9.17, 15) is 16.7 Å². The molecule has 5 heteroatoms. The molecule has 0 N–H and O–H groups in total. The Morgan fingerprint density at radius 2 is 2.07 bits per heavy atom. The molecular formula is C9H8F2O2S. The lowest BCUT2D eigenvalue weighted by molar-refractivity contribution is 0.549. The van der Waals surface area contributed by atoms with Gasteiger partial charge in [0, 0.05) is 5.92 Å². The molecule has 76 valence electrons. The second-order valence-electron chi connectivity index (χ2n) is 3.41. The first kappa shape index (κ1) is 9.58. The van der Waals surface area contributed by atoms with Crippen LogP contribution in [0, 0.1) is 5.82 Å². The molecule has 0 aliphatic heterocycles. The Morgan fingerprint density at radius 1 is 1.36 bits per heavy atom. The van der Waals surface area contributed by atoms with Crippen molar-refractivity contribution >= 4 is 10.2 Å². The second-order valence-corrected chi connectivity index (χ2v) is 4.97. The monoisotopic (exact) mass is 218 g/mol. The van der Waals surface area contributed by atoms with Crippen molar-refractivity contribution in [2.24, 2.45) is 0 Å². The molecule has 0 radical (unpaired) electrons. The number of benzene rings is 1. The van der Waals surface area contributed by atoms with Crippen molar-refractivity contribution in [3.8, 4) is 0 Å². The number of hydrogen-bond acceptors (Lipinski definition) is 2. The molecule has 0 spiro atoms. The van der Waals surface area contributed by atoms with Gasteiger partial charge in [-0.1, -0.05) is 12.1 Å². The van der Waals surface area contributed by atoms with E-state index >= 15 is 0 Å². The summed E-state index contributed by atoms with van der Waals surface area (Å²) in [6.07, 6.45) is 0.252. The molecule has 0 amide bonds. The maximum absolute atomic E-state index is 12.7. The fraction of sp³-hybridized carbons (Fsp3) is 0.333. The summed E-state index contributed by atoms with van der Waals surface area (Å²) in [7, 11) is -4.46. The first-order valence-corrected chi connectivity index (χ1v) is 5.62. The Hall–Kier alpha value is -0.970. The van der Waals surface area contributed by atoms with Crippen LogP contribution in [0.3, 0.4) is 0 Å². The summed E-state index contributed by atoms with van der Waals surface area (Å²) in [6.45, 7) is 0. The number of hydrogen-bond donors (Lipinski definition) is 0. The first-order chi connectivity index (χ1) is 6.48. The summed E-state index contributed by atoms with van der Waals surface area (Å²) in [4.78, 5) is 0. The van der Waals surface area contributed by atoms with Crippen LogP contribution in [-0.2, 0) is 10.2 Å². The summed E-state index contributed by atoms with van der Waals surface area (Å²) in [5.41, 5.74) is 0.552. The molecule has 2 unspecified atom stereocenters. The van der Waals surface area contributed by atoms with Crippen LogP contribution in [0.15, 0.2) is 24.3 Å². The van der Waals surface area contributed by atoms with Crippen molar-refractivity contribution in [1.82, 2.24) is 0 Å². The lowest BCUT2D eigenvalue weighted by Gasteiger charge is -1.97. The molecule has 0 aromatic heterocycles. The van der Waals surface area contributed by atoms with E-state index in [1.54, 1.807) is 6.07 Å². The van der Waals surface area contributed by atoms with Crippen molar-refractivity contribution in [3.05, 3.63) is 35.6 Å². The number of rotatable bonds is 2. The molecule has 14 heavy (non-hydrogen) atoms. The van der Waals surface area contributed by atoms with Gasteiger partial charge < -0.3 is 0 Å². The van der Waals surface area contributed by atoms with E-state index in [0.29, 0.717) is 5.56 Å². The molecule has 1 aromatic rings. The third-order valence-corrected chi connectivity index (χ3v) is 3.61. The summed E-state index contributed by atoms with van der Waals surface area (Å²) in [6, 6.07) is 5.62. The molecule has 1 fully saturated rings. The lowest BCUT2D eigenvalue weighted by atomic mass is 10.1. The van der Waals surface area contributed by atoms with Crippen LogP contribution in [0.5, 0.6) is 0 Å². The van der Waals surface area contributed by atoms with Gasteiger partial charge in [-0.15, -0.1) is 3.89 Å². The molecule has 1 saturated carbocycles. The minimum absolute atomic E-state index is 0.252. The van der Waals surface area contributed by atoms with Gasteiger partial charge in [-0.05, 0) is 24.1 Å². The van der Waals surface area contributed by atoms with Crippen molar-refractivity contribution < 1.29 is 16.7 Å². The fourth-order valence-corrected chi connectivity index (χ4v) is 2.56. The van der Waals surface area contributed by atoms with Gasteiger partial charge in [-0.25, -0.2) is 4.39 Å². The van der Waals surface area contributed by atoms with Crippen molar-refractivity contribution in [1.29, 1.82) is 0 Å². The van der Waals surface area contributed by atoms with Gasteiger partial charge in [0.1, 0.15) is 5.82 Å². The van der Waals surface area contributed by atoms with Crippen LogP contribution in [0.1, 0.15) is 17.9 Å². The SMILES string of the molecule is O=S(=O)(F)C1CC1c1cccc(F)c1. The summed E-state index contributed by atoms with van der Waals surface area (Å²) in [5.74, 6) is -0.801. The van der Waals surface area contributed by atoms with E-state index in [1.165, 1.54) is 18.2 Å². The van der Waals surface area contributed by atoms with E-state index in [4.69, 9.17) is 0 Å². The molecule has 2 atom stereocenters. The quantitative estimate of drug-likeness (QED) is 0.711. The van der Waals surface area contributed by atoms with Crippen molar-refractivity contribution in [2.45, 2.75) is 17.6 Å². The highest BCUT2D eigenvalue weighted by atomic mass is 32.3. The third kappa shape index (κ3) is 1.77. The summed E-state index contributed by atoms with van der Waals surface area (Å²) >= 11 is 0. The van der Waals surface area contributed by atoms with Gasteiger partial charge in [0.2, 0.25) is 0 Å². The summed E-state index contributed by atoms with van der Waals surface area (Å²) in [5, 5.41) is -0.968. The van der Waals surface area contributed by atoms with Crippen LogP contribution in [-0.4, -0.2) is 13.7 Å². The highest BCUT2D eigenvalue weighted by Gasteiger charge is 2.48. The highest BCUT2D eigenvalue weighted by molar-refractivity contribution is 7.87. The average Bonchev–Trinajstić information content (AvgIpc) is 2.81. The zero-order valence-electron chi connectivity index (χ0n) is 7.15. The van der Waals surface area contributed by atoms with Gasteiger partial charge in [0.05, 0.1) is 5.25 Å². The Bertz CT molecular complexity index is 456. The molecule has 1 aliphatic carbocycles. The van der Waals surface area contributed by atoms with E-state index in [0.717, 1.165) is 0 Å². The fourth-order valence-electron chi connectivity index (χ4n) is 1.57. The smallest absolute Gasteiger partial charge is 0.207 e. The lowest BCUT2D eigenvalue weighted by Crippen LogP contribution is -2.00. The van der Waals surface area contributed by atoms with Crippen LogP contribution in [0.2, 0.25) is 0 Å². The van der Waals surface area contributed by atoms with E-state index in [-0.39, 0.29) is 12.3 Å². The Labute approximate surface area is 80.8 Å². The summed E-state index contributed by atoms with van der Waals surface area (Å²) < 4.78 is 46.2. The Morgan fingerprint density at radius 3 is 2.57 bits per heavy atom. The van der Waals surface area contributed by atoms with Crippen LogP contribution in [0.4, 0.5) is 8.28 Å². The van der Waals surface area contributed by atoms with E-state index in [2.05, 4.69) is 0 Å². The minimum Gasteiger partial charge on any atom is -0.207 e. The molecule has 0 bridgehead atoms. The maximum Gasteiger partial charge on any atom is 0.305 e. The van der Waals surface area contributed by atoms with Gasteiger partial charge in [0.25, 0.3) is 0 Å². The number of halogens is 2. The predicted octanol–water partition coefficient (Wildman–Crippen LogP) is 1.98. The topological polar surface area (TPSA) is 34.1 Å². The van der Waals surface area contributed by atoms with Crippen LogP contribution in [0.25, 0.3) is 0 Å². The van der Waals surface area contributed by atoms with Crippen molar-refractivity contribution in [3.63, 3.8) is 0 Å². The molecule has 2 nitrogen and oxygen atoms in total. The molecule has 1 aromatic carbocycles. The van der Waals surface area contributed by atoms with Gasteiger partial charge in [-0.2, -0.15) is 8.42 Å². The van der Waals surface area contributed by atoms with Gasteiger partial charge >= 0.3 is 10.2 Å². The highest BCUT2D eigenvalue weighted by Crippen LogP contribution is 2.46. The second kappa shape index (κ2) is 3.02. The first-order valence-electron chi connectivity index (χ1n) is 4.17. The molecular weight excluding hydrogens is 210 g/mol. The van der Waals surface area contributed by atoms with Gasteiger partial charge in [-0.3, -0.25) is 0 Å². The minimum atomic E-state index is -4.46. The third-order valence-electron chi connectivity index (χ3n) is 2.37. The van der Waals surface area contributed by atoms with E-state index < -0.39 is 21.3 Å². The Kier molecular flexibility index (Phi) is 2.06. The largest absolute Gasteiger partial charge is 0.305 e. The van der Waals surface area contributed by atoms with E-state index in [1.807, 2.05) is 0 Å². The standard InChI is InChI=1S/C9H8F2O2S/c10-7-3-1-2-6(4-7)8-5-9(8)14(11,12)13/h1-4,8-9H,5H2. The van der Waals surface area contributed by atoms with Gasteiger partial charge in [0.15, 0.2) is 0 Å². The molecule has 0 saturated heterocycles. The molecule has 1 aliphatic rings. The predicted molar refractivity (Wildman–Crippen MR) is 47.6 cm³/mol.